The summed E-state index contributed by atoms with van der Waals surface area (Å²) < 4.78 is 28.7. The van der Waals surface area contributed by atoms with Crippen LogP contribution in [0.1, 0.15) is 32.8 Å². The highest BCUT2D eigenvalue weighted by Gasteiger charge is 2.35. The van der Waals surface area contributed by atoms with Crippen molar-refractivity contribution in [2.24, 2.45) is 5.92 Å². The summed E-state index contributed by atoms with van der Waals surface area (Å²) in [5.74, 6) is -0.867. The molecule has 3 aromatic carbocycles. The summed E-state index contributed by atoms with van der Waals surface area (Å²) in [7, 11) is -4.30. The number of nitrogens with one attached hydrogen (secondary N) is 1. The van der Waals surface area contributed by atoms with Gasteiger partial charge in [-0.3, -0.25) is 13.9 Å². The fourth-order valence-electron chi connectivity index (χ4n) is 4.11. The van der Waals surface area contributed by atoms with E-state index in [2.05, 4.69) is 5.32 Å². The third-order valence-electron chi connectivity index (χ3n) is 6.27. The molecule has 220 valence electrons. The second-order valence-corrected chi connectivity index (χ2v) is 13.1. The van der Waals surface area contributed by atoms with E-state index in [0.29, 0.717) is 22.2 Å². The van der Waals surface area contributed by atoms with Crippen LogP contribution in [0, 0.1) is 5.92 Å². The highest BCUT2D eigenvalue weighted by molar-refractivity contribution is 7.92. The van der Waals surface area contributed by atoms with E-state index >= 15 is 0 Å². The fourth-order valence-corrected chi connectivity index (χ4v) is 6.53. The number of amides is 2. The van der Waals surface area contributed by atoms with Crippen LogP contribution in [0.3, 0.4) is 0 Å². The molecule has 0 saturated carbocycles. The van der Waals surface area contributed by atoms with Crippen LogP contribution in [0.2, 0.25) is 20.1 Å². The molecule has 0 aliphatic heterocycles. The Morgan fingerprint density at radius 2 is 1.44 bits per heavy atom. The Hall–Kier alpha value is -2.49. The first-order chi connectivity index (χ1) is 19.4. The lowest BCUT2D eigenvalue weighted by Crippen LogP contribution is -2.52. The average molecular weight is 659 g/mol. The van der Waals surface area contributed by atoms with Gasteiger partial charge < -0.3 is 10.2 Å². The molecule has 0 heterocycles. The van der Waals surface area contributed by atoms with Gasteiger partial charge in [-0.15, -0.1) is 0 Å². The average Bonchev–Trinajstić information content (AvgIpc) is 2.94. The first-order valence-corrected chi connectivity index (χ1v) is 15.9. The SMILES string of the molecule is CCC(C(=O)NCC(C)C)N(Cc1c(Cl)cccc1Cl)C(=O)CN(c1cccc(Cl)c1Cl)S(=O)(=O)c1ccccc1. The lowest BCUT2D eigenvalue weighted by Gasteiger charge is -2.34. The Labute approximate surface area is 261 Å². The Morgan fingerprint density at radius 1 is 0.854 bits per heavy atom. The van der Waals surface area contributed by atoms with Gasteiger partial charge in [0.05, 0.1) is 20.6 Å². The standard InChI is InChI=1S/C29H31Cl4N3O4S/c1-4-25(29(38)34-16-19(2)3)35(17-21-22(30)12-8-13-23(21)31)27(37)18-36(26-15-9-14-24(32)28(26)33)41(39,40)20-10-6-5-7-11-20/h5-15,19,25H,4,16-18H2,1-3H3,(H,34,38). The van der Waals surface area contributed by atoms with Gasteiger partial charge in [0.2, 0.25) is 11.8 Å². The van der Waals surface area contributed by atoms with Gasteiger partial charge in [0, 0.05) is 28.7 Å². The maximum absolute atomic E-state index is 14.1. The number of carbonyl (C=O) groups excluding carboxylic acids is 2. The molecular formula is C29H31Cl4N3O4S. The minimum atomic E-state index is -4.30. The van der Waals surface area contributed by atoms with E-state index in [1.807, 2.05) is 13.8 Å². The second-order valence-electron chi connectivity index (χ2n) is 9.68. The van der Waals surface area contributed by atoms with E-state index in [9.17, 15) is 18.0 Å². The third-order valence-corrected chi connectivity index (χ3v) is 9.56. The van der Waals surface area contributed by atoms with Crippen molar-refractivity contribution in [2.45, 2.75) is 44.7 Å². The molecule has 0 saturated heterocycles. The molecule has 7 nitrogen and oxygen atoms in total. The first-order valence-electron chi connectivity index (χ1n) is 12.9. The van der Waals surface area contributed by atoms with Crippen LogP contribution >= 0.6 is 46.4 Å². The summed E-state index contributed by atoms with van der Waals surface area (Å²) in [6.07, 6.45) is 0.251. The van der Waals surface area contributed by atoms with Crippen LogP contribution in [0.15, 0.2) is 71.6 Å². The number of hydrogen-bond donors (Lipinski definition) is 1. The van der Waals surface area contributed by atoms with Crippen molar-refractivity contribution in [2.75, 3.05) is 17.4 Å². The number of nitrogens with zero attached hydrogens (tertiary/aromatic N) is 2. The maximum Gasteiger partial charge on any atom is 0.264 e. The highest BCUT2D eigenvalue weighted by atomic mass is 35.5. The van der Waals surface area contributed by atoms with E-state index in [-0.39, 0.29) is 45.4 Å². The zero-order valence-electron chi connectivity index (χ0n) is 22.8. The molecule has 0 aliphatic carbocycles. The van der Waals surface area contributed by atoms with Crippen LogP contribution in [-0.2, 0) is 26.2 Å². The van der Waals surface area contributed by atoms with Crippen molar-refractivity contribution >= 4 is 73.9 Å². The van der Waals surface area contributed by atoms with E-state index in [0.717, 1.165) is 4.31 Å². The van der Waals surface area contributed by atoms with Gasteiger partial charge in [-0.1, -0.05) is 97.5 Å². The zero-order valence-corrected chi connectivity index (χ0v) is 26.6. The van der Waals surface area contributed by atoms with Crippen molar-refractivity contribution in [3.63, 3.8) is 0 Å². The lowest BCUT2D eigenvalue weighted by atomic mass is 10.1. The Bertz CT molecular complexity index is 1470. The van der Waals surface area contributed by atoms with Gasteiger partial charge in [-0.2, -0.15) is 0 Å². The molecule has 12 heteroatoms. The number of anilines is 1. The van der Waals surface area contributed by atoms with E-state index in [1.54, 1.807) is 43.3 Å². The van der Waals surface area contributed by atoms with Crippen molar-refractivity contribution < 1.29 is 18.0 Å². The molecule has 1 N–H and O–H groups in total. The van der Waals surface area contributed by atoms with Crippen LogP contribution in [0.4, 0.5) is 5.69 Å². The fraction of sp³-hybridized carbons (Fsp3) is 0.310. The van der Waals surface area contributed by atoms with Crippen molar-refractivity contribution in [1.29, 1.82) is 0 Å². The van der Waals surface area contributed by atoms with Crippen LogP contribution in [0.25, 0.3) is 0 Å². The molecular weight excluding hydrogens is 628 g/mol. The molecule has 0 bridgehead atoms. The normalized spacial score (nSPS) is 12.2. The number of sulfonamides is 1. The Kier molecular flexibility index (Phi) is 11.8. The molecule has 41 heavy (non-hydrogen) atoms. The summed E-state index contributed by atoms with van der Waals surface area (Å²) in [6, 6.07) is 16.2. The van der Waals surface area contributed by atoms with E-state index in [4.69, 9.17) is 46.4 Å². The summed E-state index contributed by atoms with van der Waals surface area (Å²) in [5, 5.41) is 3.56. The largest absolute Gasteiger partial charge is 0.354 e. The van der Waals surface area contributed by atoms with Gasteiger partial charge in [0.1, 0.15) is 12.6 Å². The maximum atomic E-state index is 14.1. The van der Waals surface area contributed by atoms with Crippen LogP contribution in [0.5, 0.6) is 0 Å². The molecule has 0 fully saturated rings. The quantitative estimate of drug-likeness (QED) is 0.225. The van der Waals surface area contributed by atoms with Crippen LogP contribution < -0.4 is 9.62 Å². The molecule has 0 spiro atoms. The van der Waals surface area contributed by atoms with Gasteiger partial charge in [-0.25, -0.2) is 8.42 Å². The van der Waals surface area contributed by atoms with Gasteiger partial charge >= 0.3 is 0 Å². The third kappa shape index (κ3) is 8.08. The summed E-state index contributed by atoms with van der Waals surface area (Å²) >= 11 is 25.6. The van der Waals surface area contributed by atoms with Gasteiger partial charge in [0.25, 0.3) is 10.0 Å². The predicted molar refractivity (Wildman–Crippen MR) is 166 cm³/mol. The minimum Gasteiger partial charge on any atom is -0.354 e. The Morgan fingerprint density at radius 3 is 2.02 bits per heavy atom. The number of carbonyl (C=O) groups is 2. The molecule has 3 aromatic rings. The van der Waals surface area contributed by atoms with Crippen LogP contribution in [-0.4, -0.2) is 44.3 Å². The summed E-state index contributed by atoms with van der Waals surface area (Å²) in [4.78, 5) is 28.7. The summed E-state index contributed by atoms with van der Waals surface area (Å²) in [6.45, 7) is 5.27. The van der Waals surface area contributed by atoms with Crippen molar-refractivity contribution in [1.82, 2.24) is 10.2 Å². The zero-order chi connectivity index (χ0) is 30.3. The molecule has 0 radical (unpaired) electrons. The Balaban J connectivity index is 2.12. The van der Waals surface area contributed by atoms with Gasteiger partial charge in [-0.05, 0) is 48.7 Å². The molecule has 3 rings (SSSR count). The van der Waals surface area contributed by atoms with Crippen molar-refractivity contribution in [3.05, 3.63) is 92.4 Å². The van der Waals surface area contributed by atoms with E-state index < -0.39 is 28.5 Å². The summed E-state index contributed by atoms with van der Waals surface area (Å²) in [5.41, 5.74) is 0.446. The predicted octanol–water partition coefficient (Wildman–Crippen LogP) is 7.08. The highest BCUT2D eigenvalue weighted by Crippen LogP contribution is 2.36. The first kappa shape index (κ1) is 33.0. The number of rotatable bonds is 12. The smallest absolute Gasteiger partial charge is 0.264 e. The second kappa shape index (κ2) is 14.6. The number of halogens is 4. The molecule has 1 atom stereocenters. The van der Waals surface area contributed by atoms with Crippen molar-refractivity contribution in [3.8, 4) is 0 Å². The molecule has 2 amide bonds. The van der Waals surface area contributed by atoms with E-state index in [1.165, 1.54) is 35.2 Å². The molecule has 0 aliphatic rings. The number of hydrogen-bond acceptors (Lipinski definition) is 4. The van der Waals surface area contributed by atoms with Gasteiger partial charge in [0.15, 0.2) is 0 Å². The lowest BCUT2D eigenvalue weighted by molar-refractivity contribution is -0.140. The number of benzene rings is 3. The minimum absolute atomic E-state index is 0.0180. The molecule has 0 aromatic heterocycles. The topological polar surface area (TPSA) is 86.8 Å². The monoisotopic (exact) mass is 657 g/mol. The molecule has 1 unspecified atom stereocenters.